The quantitative estimate of drug-likeness (QED) is 0.294. The van der Waals surface area contributed by atoms with Crippen molar-refractivity contribution >= 4 is 51.8 Å². The third-order valence-corrected chi connectivity index (χ3v) is 5.95. The van der Waals surface area contributed by atoms with Gasteiger partial charge in [-0.2, -0.15) is 0 Å². The first-order chi connectivity index (χ1) is 17.3. The number of hydrogen-bond acceptors (Lipinski definition) is 6. The average molecular weight is 516 g/mol. The van der Waals surface area contributed by atoms with E-state index in [9.17, 15) is 23.6 Å². The maximum absolute atomic E-state index is 13.5. The van der Waals surface area contributed by atoms with Gasteiger partial charge in [-0.05, 0) is 43.3 Å². The monoisotopic (exact) mass is 515 g/mol. The van der Waals surface area contributed by atoms with E-state index in [1.807, 2.05) is 0 Å². The molecule has 0 bridgehead atoms. The average Bonchev–Trinajstić information content (AvgIpc) is 3.22. The molecule has 0 radical (unpaired) electrons. The van der Waals surface area contributed by atoms with Crippen molar-refractivity contribution in [3.8, 4) is 0 Å². The lowest BCUT2D eigenvalue weighted by Crippen LogP contribution is -2.44. The molecule has 4 rings (SSSR count). The molecule has 0 saturated carbocycles. The molecule has 1 aromatic heterocycles. The zero-order valence-corrected chi connectivity index (χ0v) is 20.1. The van der Waals surface area contributed by atoms with Gasteiger partial charge in [-0.15, -0.1) is 0 Å². The normalized spacial score (nSPS) is 13.5. The number of carbonyl (C=O) groups is 4. The van der Waals surface area contributed by atoms with Gasteiger partial charge >= 0.3 is 5.97 Å². The SMILES string of the molecule is CCOC(=O)Cn1cc(C(=O)C(=O)N2CCOCC2)c2cc(NC(=O)c3ccc(F)c(Cl)c3)ccc21. The molecular weight excluding hydrogens is 493 g/mol. The van der Waals surface area contributed by atoms with Crippen molar-refractivity contribution in [2.24, 2.45) is 0 Å². The molecule has 0 unspecified atom stereocenters. The van der Waals surface area contributed by atoms with Crippen molar-refractivity contribution in [1.29, 1.82) is 0 Å². The smallest absolute Gasteiger partial charge is 0.325 e. The van der Waals surface area contributed by atoms with Crippen LogP contribution in [0.5, 0.6) is 0 Å². The molecule has 1 aliphatic rings. The van der Waals surface area contributed by atoms with E-state index in [4.69, 9.17) is 21.1 Å². The lowest BCUT2D eigenvalue weighted by molar-refractivity contribution is -0.143. The van der Waals surface area contributed by atoms with Crippen LogP contribution in [0.4, 0.5) is 10.1 Å². The molecule has 11 heteroatoms. The lowest BCUT2D eigenvalue weighted by Gasteiger charge is -2.25. The summed E-state index contributed by atoms with van der Waals surface area (Å²) >= 11 is 5.78. The van der Waals surface area contributed by atoms with Crippen LogP contribution in [0, 0.1) is 5.82 Å². The Kier molecular flexibility index (Phi) is 7.66. The zero-order valence-electron chi connectivity index (χ0n) is 19.4. The van der Waals surface area contributed by atoms with E-state index in [1.165, 1.54) is 27.8 Å². The summed E-state index contributed by atoms with van der Waals surface area (Å²) in [5.74, 6) is -3.11. The zero-order chi connectivity index (χ0) is 25.8. The minimum atomic E-state index is -0.738. The molecular formula is C25H23ClFN3O6. The fourth-order valence-corrected chi connectivity index (χ4v) is 4.08. The first-order valence-corrected chi connectivity index (χ1v) is 11.6. The maximum Gasteiger partial charge on any atom is 0.325 e. The van der Waals surface area contributed by atoms with Crippen LogP contribution in [0.15, 0.2) is 42.6 Å². The van der Waals surface area contributed by atoms with E-state index in [0.717, 1.165) is 6.07 Å². The Bertz CT molecular complexity index is 1350. The Morgan fingerprint density at radius 2 is 1.86 bits per heavy atom. The number of amides is 2. The van der Waals surface area contributed by atoms with Crippen LogP contribution in [-0.2, 0) is 25.6 Å². The summed E-state index contributed by atoms with van der Waals surface area (Å²) < 4.78 is 25.3. The number of esters is 1. The van der Waals surface area contributed by atoms with Crippen molar-refractivity contribution in [1.82, 2.24) is 9.47 Å². The number of ketones is 1. The second kappa shape index (κ2) is 10.9. The van der Waals surface area contributed by atoms with Crippen LogP contribution in [0.25, 0.3) is 10.9 Å². The molecule has 1 N–H and O–H groups in total. The van der Waals surface area contributed by atoms with E-state index < -0.39 is 29.4 Å². The van der Waals surface area contributed by atoms with Crippen LogP contribution in [-0.4, -0.2) is 65.9 Å². The van der Waals surface area contributed by atoms with Gasteiger partial charge in [-0.1, -0.05) is 11.6 Å². The number of rotatable bonds is 7. The molecule has 0 spiro atoms. The van der Waals surface area contributed by atoms with Crippen molar-refractivity contribution < 1.29 is 33.0 Å². The summed E-state index contributed by atoms with van der Waals surface area (Å²) in [6.45, 7) is 3.00. The van der Waals surface area contributed by atoms with E-state index in [1.54, 1.807) is 25.1 Å². The number of nitrogens with one attached hydrogen (secondary N) is 1. The van der Waals surface area contributed by atoms with E-state index in [2.05, 4.69) is 5.32 Å². The van der Waals surface area contributed by atoms with Crippen molar-refractivity contribution in [3.05, 3.63) is 64.6 Å². The van der Waals surface area contributed by atoms with Gasteiger partial charge in [-0.25, -0.2) is 4.39 Å². The molecule has 2 aromatic carbocycles. The maximum atomic E-state index is 13.5. The summed E-state index contributed by atoms with van der Waals surface area (Å²) in [6, 6.07) is 8.34. The summed E-state index contributed by atoms with van der Waals surface area (Å²) in [4.78, 5) is 52.3. The minimum Gasteiger partial charge on any atom is -0.465 e. The number of hydrogen-bond donors (Lipinski definition) is 1. The van der Waals surface area contributed by atoms with E-state index >= 15 is 0 Å². The van der Waals surface area contributed by atoms with Gasteiger partial charge in [0, 0.05) is 41.4 Å². The van der Waals surface area contributed by atoms with Gasteiger partial charge in [0.25, 0.3) is 17.6 Å². The largest absolute Gasteiger partial charge is 0.465 e. The number of benzene rings is 2. The predicted octanol–water partition coefficient (Wildman–Crippen LogP) is 3.29. The number of halogens is 2. The summed E-state index contributed by atoms with van der Waals surface area (Å²) in [5, 5.41) is 2.87. The van der Waals surface area contributed by atoms with Crippen LogP contribution < -0.4 is 5.32 Å². The third kappa shape index (κ3) is 5.39. The Morgan fingerprint density at radius 1 is 1.11 bits per heavy atom. The van der Waals surface area contributed by atoms with Gasteiger partial charge in [0.1, 0.15) is 12.4 Å². The van der Waals surface area contributed by atoms with Gasteiger partial charge in [0.05, 0.1) is 30.4 Å². The number of fused-ring (bicyclic) bond motifs is 1. The highest BCUT2D eigenvalue weighted by atomic mass is 35.5. The molecule has 2 heterocycles. The number of anilines is 1. The second-order valence-corrected chi connectivity index (χ2v) is 8.43. The van der Waals surface area contributed by atoms with Gasteiger partial charge in [0.2, 0.25) is 0 Å². The highest BCUT2D eigenvalue weighted by Crippen LogP contribution is 2.27. The molecule has 2 amide bonds. The summed E-state index contributed by atoms with van der Waals surface area (Å²) in [7, 11) is 0. The minimum absolute atomic E-state index is 0.0896. The molecule has 0 aliphatic carbocycles. The molecule has 9 nitrogen and oxygen atoms in total. The number of Topliss-reactive ketones (excluding diaryl/α,β-unsaturated/α-hetero) is 1. The van der Waals surface area contributed by atoms with Gasteiger partial charge in [0.15, 0.2) is 0 Å². The van der Waals surface area contributed by atoms with Crippen molar-refractivity contribution in [2.45, 2.75) is 13.5 Å². The predicted molar refractivity (Wildman–Crippen MR) is 130 cm³/mol. The molecule has 3 aromatic rings. The Hall–Kier alpha value is -3.76. The highest BCUT2D eigenvalue weighted by Gasteiger charge is 2.28. The van der Waals surface area contributed by atoms with Gasteiger partial charge < -0.3 is 24.3 Å². The van der Waals surface area contributed by atoms with Crippen molar-refractivity contribution in [2.75, 3.05) is 38.2 Å². The molecule has 0 atom stereocenters. The standard InChI is InChI=1S/C25H23ClFN3O6/c1-2-36-22(31)14-30-13-18(23(32)25(34)29-7-9-35-10-8-29)17-12-16(4-6-21(17)30)28-24(33)15-3-5-20(27)19(26)11-15/h3-6,11-13H,2,7-10,14H2,1H3,(H,28,33). The van der Waals surface area contributed by atoms with Crippen molar-refractivity contribution in [3.63, 3.8) is 0 Å². The number of morpholine rings is 1. The Labute approximate surface area is 210 Å². The Balaban J connectivity index is 1.68. The molecule has 188 valence electrons. The van der Waals surface area contributed by atoms with Crippen LogP contribution in [0.1, 0.15) is 27.6 Å². The number of ether oxygens (including phenoxy) is 2. The topological polar surface area (TPSA) is 107 Å². The molecule has 1 aliphatic heterocycles. The van der Waals surface area contributed by atoms with Gasteiger partial charge in [-0.3, -0.25) is 19.2 Å². The fourth-order valence-electron chi connectivity index (χ4n) is 3.90. The van der Waals surface area contributed by atoms with Crippen LogP contribution in [0.3, 0.4) is 0 Å². The summed E-state index contributed by atoms with van der Waals surface area (Å²) in [5.41, 5.74) is 1.06. The third-order valence-electron chi connectivity index (χ3n) is 5.66. The molecule has 36 heavy (non-hydrogen) atoms. The van der Waals surface area contributed by atoms with Crippen LogP contribution >= 0.6 is 11.6 Å². The fraction of sp³-hybridized carbons (Fsp3) is 0.280. The molecule has 1 fully saturated rings. The highest BCUT2D eigenvalue weighted by molar-refractivity contribution is 6.45. The van der Waals surface area contributed by atoms with E-state index in [0.29, 0.717) is 42.9 Å². The lowest BCUT2D eigenvalue weighted by atomic mass is 10.1. The Morgan fingerprint density at radius 3 is 2.56 bits per heavy atom. The summed E-state index contributed by atoms with van der Waals surface area (Å²) in [6.07, 6.45) is 1.44. The van der Waals surface area contributed by atoms with Crippen LogP contribution in [0.2, 0.25) is 5.02 Å². The number of aromatic nitrogens is 1. The van der Waals surface area contributed by atoms with E-state index in [-0.39, 0.29) is 29.3 Å². The first kappa shape index (κ1) is 25.3. The number of carbonyl (C=O) groups excluding carboxylic acids is 4. The molecule has 1 saturated heterocycles. The number of nitrogens with zero attached hydrogens (tertiary/aromatic N) is 2. The first-order valence-electron chi connectivity index (χ1n) is 11.2. The second-order valence-electron chi connectivity index (χ2n) is 8.02.